The smallest absolute Gasteiger partial charge is 0.211 e. The average Bonchev–Trinajstić information content (AvgIpc) is 2.63. The van der Waals surface area contributed by atoms with Crippen molar-refractivity contribution in [1.29, 1.82) is 0 Å². The highest BCUT2D eigenvalue weighted by Crippen LogP contribution is 2.21. The quantitative estimate of drug-likeness (QED) is 0.757. The first-order chi connectivity index (χ1) is 7.95. The molecule has 17 heavy (non-hydrogen) atoms. The molecular formula is C11H23N3O2S. The highest BCUT2D eigenvalue weighted by Gasteiger charge is 2.28. The van der Waals surface area contributed by atoms with Crippen molar-refractivity contribution in [1.82, 2.24) is 9.21 Å². The van der Waals surface area contributed by atoms with Crippen LogP contribution in [0.2, 0.25) is 0 Å². The molecule has 0 amide bonds. The Morgan fingerprint density at radius 2 is 2.00 bits per heavy atom. The summed E-state index contributed by atoms with van der Waals surface area (Å²) in [6.07, 6.45) is 4.50. The van der Waals surface area contributed by atoms with E-state index < -0.39 is 10.0 Å². The lowest BCUT2D eigenvalue weighted by atomic mass is 9.99. The molecule has 0 aliphatic carbocycles. The normalized spacial score (nSPS) is 33.1. The molecule has 6 heteroatoms. The van der Waals surface area contributed by atoms with Crippen LogP contribution in [0.5, 0.6) is 0 Å². The van der Waals surface area contributed by atoms with E-state index in [4.69, 9.17) is 5.73 Å². The molecule has 2 aliphatic heterocycles. The van der Waals surface area contributed by atoms with E-state index in [0.29, 0.717) is 25.0 Å². The minimum absolute atomic E-state index is 0.310. The van der Waals surface area contributed by atoms with Gasteiger partial charge in [-0.05, 0) is 31.7 Å². The molecule has 0 bridgehead atoms. The van der Waals surface area contributed by atoms with Gasteiger partial charge in [0.05, 0.1) is 6.26 Å². The molecule has 1 unspecified atom stereocenters. The van der Waals surface area contributed by atoms with Crippen molar-refractivity contribution in [2.24, 2.45) is 11.7 Å². The molecule has 0 saturated carbocycles. The lowest BCUT2D eigenvalue weighted by Gasteiger charge is -2.33. The SMILES string of the molecule is CS(=O)(=O)N1CCCC(CN2CC[C@H](N)C2)C1. The number of sulfonamides is 1. The van der Waals surface area contributed by atoms with Crippen molar-refractivity contribution in [3.63, 3.8) is 0 Å². The van der Waals surface area contributed by atoms with E-state index in [9.17, 15) is 8.42 Å². The minimum Gasteiger partial charge on any atom is -0.326 e. The second-order valence-electron chi connectivity index (χ2n) is 5.44. The van der Waals surface area contributed by atoms with Crippen LogP contribution < -0.4 is 5.73 Å². The Hall–Kier alpha value is -0.170. The largest absolute Gasteiger partial charge is 0.326 e. The highest BCUT2D eigenvalue weighted by molar-refractivity contribution is 7.88. The van der Waals surface area contributed by atoms with Gasteiger partial charge in [-0.2, -0.15) is 0 Å². The molecule has 100 valence electrons. The van der Waals surface area contributed by atoms with Crippen molar-refractivity contribution in [3.05, 3.63) is 0 Å². The fraction of sp³-hybridized carbons (Fsp3) is 1.00. The zero-order valence-corrected chi connectivity index (χ0v) is 11.3. The second kappa shape index (κ2) is 5.22. The maximum atomic E-state index is 11.5. The van der Waals surface area contributed by atoms with Gasteiger partial charge in [0.15, 0.2) is 0 Å². The van der Waals surface area contributed by atoms with Gasteiger partial charge in [0.1, 0.15) is 0 Å². The first-order valence-corrected chi connectivity index (χ1v) is 8.23. The zero-order chi connectivity index (χ0) is 12.5. The maximum absolute atomic E-state index is 11.5. The number of nitrogens with zero attached hydrogens (tertiary/aromatic N) is 2. The van der Waals surface area contributed by atoms with Crippen LogP contribution >= 0.6 is 0 Å². The molecule has 0 aromatic heterocycles. The van der Waals surface area contributed by atoms with E-state index in [1.165, 1.54) is 6.26 Å². The Bertz CT molecular complexity index is 358. The van der Waals surface area contributed by atoms with Crippen LogP contribution in [-0.4, -0.2) is 62.6 Å². The summed E-state index contributed by atoms with van der Waals surface area (Å²) in [4.78, 5) is 2.38. The van der Waals surface area contributed by atoms with E-state index in [2.05, 4.69) is 4.90 Å². The lowest BCUT2D eigenvalue weighted by Crippen LogP contribution is -2.43. The van der Waals surface area contributed by atoms with E-state index in [0.717, 1.165) is 38.9 Å². The number of hydrogen-bond acceptors (Lipinski definition) is 4. The van der Waals surface area contributed by atoms with Crippen LogP contribution in [0.25, 0.3) is 0 Å². The van der Waals surface area contributed by atoms with Crippen molar-refractivity contribution < 1.29 is 8.42 Å². The van der Waals surface area contributed by atoms with Crippen LogP contribution in [0.15, 0.2) is 0 Å². The molecule has 5 nitrogen and oxygen atoms in total. The van der Waals surface area contributed by atoms with Crippen molar-refractivity contribution in [3.8, 4) is 0 Å². The lowest BCUT2D eigenvalue weighted by molar-refractivity contribution is 0.199. The summed E-state index contributed by atoms with van der Waals surface area (Å²) >= 11 is 0. The third-order valence-corrected chi connectivity index (χ3v) is 5.05. The average molecular weight is 261 g/mol. The van der Waals surface area contributed by atoms with Crippen molar-refractivity contribution >= 4 is 10.0 Å². The first-order valence-electron chi connectivity index (χ1n) is 6.38. The Morgan fingerprint density at radius 1 is 1.24 bits per heavy atom. The van der Waals surface area contributed by atoms with Gasteiger partial charge in [-0.1, -0.05) is 0 Å². The van der Waals surface area contributed by atoms with Crippen LogP contribution in [0.4, 0.5) is 0 Å². The van der Waals surface area contributed by atoms with E-state index in [-0.39, 0.29) is 0 Å². The molecular weight excluding hydrogens is 238 g/mol. The molecule has 2 aliphatic rings. The fourth-order valence-electron chi connectivity index (χ4n) is 2.87. The number of rotatable bonds is 3. The monoisotopic (exact) mass is 261 g/mol. The molecule has 2 atom stereocenters. The molecule has 0 radical (unpaired) electrons. The number of nitrogens with two attached hydrogens (primary N) is 1. The summed E-state index contributed by atoms with van der Waals surface area (Å²) in [5.74, 6) is 0.476. The molecule has 2 heterocycles. The van der Waals surface area contributed by atoms with Crippen molar-refractivity contribution in [2.45, 2.75) is 25.3 Å². The summed E-state index contributed by atoms with van der Waals surface area (Å²) in [6.45, 7) is 4.41. The third-order valence-electron chi connectivity index (χ3n) is 3.78. The van der Waals surface area contributed by atoms with Gasteiger partial charge in [-0.15, -0.1) is 0 Å². The van der Waals surface area contributed by atoms with E-state index in [1.54, 1.807) is 4.31 Å². The Balaban J connectivity index is 1.85. The molecule has 0 aromatic rings. The standard InChI is InChI=1S/C11H23N3O2S/c1-17(15,16)14-5-2-3-10(8-14)7-13-6-4-11(12)9-13/h10-11H,2-9,12H2,1H3/t10?,11-/m0/s1. The van der Waals surface area contributed by atoms with Gasteiger partial charge in [0.25, 0.3) is 0 Å². The maximum Gasteiger partial charge on any atom is 0.211 e. The van der Waals surface area contributed by atoms with Gasteiger partial charge in [-0.3, -0.25) is 0 Å². The van der Waals surface area contributed by atoms with Crippen LogP contribution in [0.1, 0.15) is 19.3 Å². The third kappa shape index (κ3) is 3.64. The highest BCUT2D eigenvalue weighted by atomic mass is 32.2. The molecule has 2 fully saturated rings. The van der Waals surface area contributed by atoms with Crippen LogP contribution in [0.3, 0.4) is 0 Å². The fourth-order valence-corrected chi connectivity index (χ4v) is 3.81. The minimum atomic E-state index is -3.01. The Labute approximate surface area is 104 Å². The van der Waals surface area contributed by atoms with Crippen LogP contribution in [0, 0.1) is 5.92 Å². The van der Waals surface area contributed by atoms with Crippen molar-refractivity contribution in [2.75, 3.05) is 39.0 Å². The van der Waals surface area contributed by atoms with E-state index >= 15 is 0 Å². The predicted octanol–water partition coefficient (Wildman–Crippen LogP) is -0.309. The van der Waals surface area contributed by atoms with Gasteiger partial charge in [0, 0.05) is 32.2 Å². The molecule has 0 spiro atoms. The van der Waals surface area contributed by atoms with Gasteiger partial charge >= 0.3 is 0 Å². The molecule has 2 N–H and O–H groups in total. The van der Waals surface area contributed by atoms with Gasteiger partial charge in [-0.25, -0.2) is 12.7 Å². The Morgan fingerprint density at radius 3 is 2.59 bits per heavy atom. The topological polar surface area (TPSA) is 66.6 Å². The summed E-state index contributed by atoms with van der Waals surface area (Å²) in [7, 11) is -3.01. The number of likely N-dealkylation sites (tertiary alicyclic amines) is 1. The Kier molecular flexibility index (Phi) is 4.07. The molecule has 2 rings (SSSR count). The van der Waals surface area contributed by atoms with E-state index in [1.807, 2.05) is 0 Å². The van der Waals surface area contributed by atoms with Crippen LogP contribution in [-0.2, 0) is 10.0 Å². The first kappa shape index (κ1) is 13.3. The summed E-state index contributed by atoms with van der Waals surface area (Å²) < 4.78 is 24.6. The summed E-state index contributed by atoms with van der Waals surface area (Å²) in [5.41, 5.74) is 5.88. The summed E-state index contributed by atoms with van der Waals surface area (Å²) in [6, 6.07) is 0.310. The predicted molar refractivity (Wildman–Crippen MR) is 68.2 cm³/mol. The molecule has 2 saturated heterocycles. The zero-order valence-electron chi connectivity index (χ0n) is 10.5. The number of piperidine rings is 1. The summed E-state index contributed by atoms with van der Waals surface area (Å²) in [5, 5.41) is 0. The number of hydrogen-bond donors (Lipinski definition) is 1. The molecule has 0 aromatic carbocycles. The van der Waals surface area contributed by atoms with Gasteiger partial charge in [0.2, 0.25) is 10.0 Å². The second-order valence-corrected chi connectivity index (χ2v) is 7.42. The van der Waals surface area contributed by atoms with Gasteiger partial charge < -0.3 is 10.6 Å².